The van der Waals surface area contributed by atoms with Crippen molar-refractivity contribution in [2.75, 3.05) is 67.1 Å². The summed E-state index contributed by atoms with van der Waals surface area (Å²) in [4.78, 5) is 58.0. The van der Waals surface area contributed by atoms with E-state index in [4.69, 9.17) is 12.0 Å². The van der Waals surface area contributed by atoms with Gasteiger partial charge in [0.15, 0.2) is 11.6 Å². The van der Waals surface area contributed by atoms with E-state index in [9.17, 15) is 20.1 Å². The van der Waals surface area contributed by atoms with Gasteiger partial charge < -0.3 is 29.1 Å². The van der Waals surface area contributed by atoms with Crippen LogP contribution in [-0.4, -0.2) is 104 Å². The molecule has 462 valence electrons. The molecular formula is C68H96N14O4. The Morgan fingerprint density at radius 2 is 0.977 bits per heavy atom. The minimum absolute atomic E-state index is 0. The standard InChI is InChI=1S/2C18H24N4O.C18H22N4O.C13H20N2O.CH4.H2/c1-12-19-9-14(10-20-12)22-6-5-15-17(2,3)16-13(8-21-23-16)7-18(15,4)11-22;2*1-12-20-9-14(10-21-12)22-6-5-15-17(2,3)16(23)13(8-19)7-18(15,4)11-22;1-12(2)10-4-5-14-8-13(10,3)6-9-7-15-16-11(9)12;;/h8-10,15H,5-7,11H2,1-4H3;9-10,13,15H,5-7,11H2,1-4H3;7,9-10,15H,5-6,11H2,1-4H3;7,10,14H,4-6,8H2,1-3H3;1H4;1H/t15-,18+;13?,15-,18+;15-,18+;10-,13+;;/m1111../s1/i;;;;;1+1D. The molecule has 1 N–H and O–H groups in total. The van der Waals surface area contributed by atoms with Crippen molar-refractivity contribution in [3.05, 3.63) is 101 Å². The zero-order valence-corrected chi connectivity index (χ0v) is 53.1. The van der Waals surface area contributed by atoms with Crippen LogP contribution in [0.1, 0.15) is 166 Å². The van der Waals surface area contributed by atoms with Gasteiger partial charge in [0.05, 0.1) is 78.3 Å². The highest BCUT2D eigenvalue weighted by atomic mass is 16.5. The molecule has 18 heteroatoms. The Hall–Kier alpha value is -6.92. The number of hydrogen-bond donors (Lipinski definition) is 1. The molecule has 0 radical (unpaired) electrons. The summed E-state index contributed by atoms with van der Waals surface area (Å²) < 4.78 is 21.1. The number of nitrogens with one attached hydrogen (secondary N) is 1. The number of hydrogen-bond acceptors (Lipinski definition) is 18. The summed E-state index contributed by atoms with van der Waals surface area (Å²) in [5, 5.41) is 30.3. The second kappa shape index (κ2) is 23.3. The summed E-state index contributed by atoms with van der Waals surface area (Å²) in [5.74, 6) is 6.02. The molecule has 4 aliphatic carbocycles. The summed E-state index contributed by atoms with van der Waals surface area (Å²) >= 11 is 0. The van der Waals surface area contributed by atoms with Crippen LogP contribution in [-0.2, 0) is 33.3 Å². The third-order valence-electron chi connectivity index (χ3n) is 21.9. The Bertz CT molecular complexity index is 3400. The molecule has 1 saturated carbocycles. The normalized spacial score (nSPS) is 31.4. The van der Waals surface area contributed by atoms with Crippen molar-refractivity contribution in [3.8, 4) is 12.1 Å². The number of nitriles is 2. The Morgan fingerprint density at radius 1 is 0.558 bits per heavy atom. The smallest absolute Gasteiger partial charge is 0.178 e. The van der Waals surface area contributed by atoms with Gasteiger partial charge in [-0.3, -0.25) is 9.59 Å². The molecule has 0 bridgehead atoms. The molecule has 4 saturated heterocycles. The van der Waals surface area contributed by atoms with E-state index in [2.05, 4.69) is 128 Å². The molecule has 5 aromatic rings. The van der Waals surface area contributed by atoms with Crippen molar-refractivity contribution in [2.24, 2.45) is 62.1 Å². The lowest BCUT2D eigenvalue weighted by atomic mass is 9.51. The van der Waals surface area contributed by atoms with Crippen LogP contribution in [0, 0.1) is 106 Å². The van der Waals surface area contributed by atoms with Gasteiger partial charge in [-0.2, -0.15) is 10.5 Å². The Balaban J connectivity index is 0.000000151. The van der Waals surface area contributed by atoms with E-state index in [0.717, 1.165) is 131 Å². The first-order chi connectivity index (χ1) is 41.0. The number of anilines is 3. The van der Waals surface area contributed by atoms with Crippen LogP contribution in [0.2, 0.25) is 0 Å². The number of nitrogens with zero attached hydrogens (tertiary/aromatic N) is 13. The summed E-state index contributed by atoms with van der Waals surface area (Å²) in [7, 11) is 0. The summed E-state index contributed by atoms with van der Waals surface area (Å²) in [6.45, 7) is 39.8. The molecule has 4 aliphatic heterocycles. The molecule has 0 aromatic carbocycles. The second-order valence-corrected chi connectivity index (χ2v) is 29.6. The van der Waals surface area contributed by atoms with Crippen molar-refractivity contribution >= 4 is 28.6 Å². The maximum absolute atomic E-state index is 12.6. The van der Waals surface area contributed by atoms with Crippen LogP contribution < -0.4 is 20.0 Å². The molecule has 8 aliphatic rings. The van der Waals surface area contributed by atoms with Crippen LogP contribution >= 0.6 is 0 Å². The SMILES string of the molecule is C.CC1(C)c2oncc2C[C@@]2(C)CNCC[C@H]12.Cc1ncc(N2CC[C@@H]3C(C)(C)C(=O)C(C#N)=C[C@@]3(C)C2)cn1.Cc1ncc(N2CC[C@@H]3C(C)(C)C(=O)C(C#N)C[C@@]3(C)C2)cn1.Cc1ncc(N2CC[C@@H]3C(C)(C)c4oncc4C[C@@]3(C)C2)cn1.[2H][2H]. The fourth-order valence-electron chi connectivity index (χ4n) is 18.0. The van der Waals surface area contributed by atoms with Crippen LogP contribution in [0.15, 0.2) is 70.3 Å². The van der Waals surface area contributed by atoms with Gasteiger partial charge in [-0.15, -0.1) is 0 Å². The number of ketones is 2. The van der Waals surface area contributed by atoms with Crippen molar-refractivity contribution in [3.63, 3.8) is 0 Å². The van der Waals surface area contributed by atoms with E-state index < -0.39 is 16.7 Å². The number of carbonyl (C=O) groups excluding carboxylic acids is 2. The fourth-order valence-corrected chi connectivity index (χ4v) is 18.0. The minimum Gasteiger partial charge on any atom is -0.368 e. The van der Waals surface area contributed by atoms with Gasteiger partial charge >= 0.3 is 0 Å². The molecule has 5 aromatic heterocycles. The molecule has 9 atom stereocenters. The van der Waals surface area contributed by atoms with Crippen molar-refractivity contribution < 1.29 is 21.6 Å². The zero-order chi connectivity index (χ0) is 63.3. The predicted molar refractivity (Wildman–Crippen MR) is 335 cm³/mol. The molecule has 13 rings (SSSR count). The Morgan fingerprint density at radius 3 is 1.44 bits per heavy atom. The predicted octanol–water partition coefficient (Wildman–Crippen LogP) is 11.6. The van der Waals surface area contributed by atoms with Gasteiger partial charge in [-0.25, -0.2) is 29.9 Å². The van der Waals surface area contributed by atoms with E-state index in [1.165, 1.54) is 17.5 Å². The maximum atomic E-state index is 12.6. The summed E-state index contributed by atoms with van der Waals surface area (Å²) in [6, 6.07) is 4.33. The number of carbonyl (C=O) groups is 2. The number of aryl methyl sites for hydroxylation is 3. The molecule has 0 spiro atoms. The molecule has 18 nitrogen and oxygen atoms in total. The maximum Gasteiger partial charge on any atom is 0.178 e. The largest absolute Gasteiger partial charge is 0.368 e. The molecular weight excluding hydrogens is 1080 g/mol. The highest BCUT2D eigenvalue weighted by Gasteiger charge is 2.58. The first-order valence-corrected chi connectivity index (χ1v) is 30.8. The monoisotopic (exact) mass is 1170 g/mol. The lowest BCUT2D eigenvalue weighted by molar-refractivity contribution is -0.145. The third-order valence-corrected chi connectivity index (χ3v) is 21.9. The average molecular weight is 1180 g/mol. The van der Waals surface area contributed by atoms with E-state index in [1.807, 2.05) is 104 Å². The minimum atomic E-state index is -0.496. The highest BCUT2D eigenvalue weighted by molar-refractivity contribution is 6.04. The van der Waals surface area contributed by atoms with E-state index in [-0.39, 0.29) is 52.0 Å². The first kappa shape index (κ1) is 62.1. The molecule has 5 fully saturated rings. The number of fused-ring (bicyclic) bond motifs is 6. The fraction of sp³-hybridized carbons (Fsp3) is 0.647. The summed E-state index contributed by atoms with van der Waals surface area (Å²) in [5.41, 5.74) is 5.61. The molecule has 9 heterocycles. The van der Waals surface area contributed by atoms with Crippen LogP contribution in [0.25, 0.3) is 0 Å². The van der Waals surface area contributed by atoms with Gasteiger partial charge in [0, 0.05) is 87.0 Å². The number of Topliss-reactive ketones (excluding diaryl/α,β-unsaturated/α-hetero) is 2. The second-order valence-electron chi connectivity index (χ2n) is 29.6. The van der Waals surface area contributed by atoms with Gasteiger partial charge in [-0.1, -0.05) is 107 Å². The van der Waals surface area contributed by atoms with Crippen molar-refractivity contribution in [2.45, 2.75) is 167 Å². The van der Waals surface area contributed by atoms with Gasteiger partial charge in [-0.05, 0) is 112 Å². The molecule has 0 amide bonds. The lowest BCUT2D eigenvalue weighted by Gasteiger charge is -2.56. The van der Waals surface area contributed by atoms with Gasteiger partial charge in [0.1, 0.15) is 41.0 Å². The van der Waals surface area contributed by atoms with Crippen LogP contribution in [0.4, 0.5) is 17.1 Å². The van der Waals surface area contributed by atoms with E-state index in [0.29, 0.717) is 35.2 Å². The number of allylic oxidation sites excluding steroid dienone is 1. The van der Waals surface area contributed by atoms with E-state index >= 15 is 0 Å². The van der Waals surface area contributed by atoms with Gasteiger partial charge in [0.2, 0.25) is 0 Å². The van der Waals surface area contributed by atoms with Crippen molar-refractivity contribution in [1.29, 1.82) is 10.5 Å². The number of piperidine rings is 4. The quantitative estimate of drug-likeness (QED) is 0.177. The Labute approximate surface area is 513 Å². The number of aromatic nitrogens is 8. The average Bonchev–Trinajstić information content (AvgIpc) is 1.03. The van der Waals surface area contributed by atoms with Crippen LogP contribution in [0.3, 0.4) is 0 Å². The zero-order valence-electron chi connectivity index (χ0n) is 55.1. The number of rotatable bonds is 3. The molecule has 1 unspecified atom stereocenters. The van der Waals surface area contributed by atoms with Crippen molar-refractivity contribution in [1.82, 2.24) is 45.5 Å². The van der Waals surface area contributed by atoms with Gasteiger partial charge in [0.25, 0.3) is 0 Å². The van der Waals surface area contributed by atoms with E-state index in [1.54, 1.807) is 0 Å². The topological polar surface area (TPSA) is 233 Å². The van der Waals surface area contributed by atoms with Crippen LogP contribution in [0.5, 0.6) is 0 Å². The molecule has 86 heavy (non-hydrogen) atoms. The summed E-state index contributed by atoms with van der Waals surface area (Å²) in [6.07, 6.45) is 24.1. The highest BCUT2D eigenvalue weighted by Crippen LogP contribution is 2.58. The third kappa shape index (κ3) is 11.5. The lowest BCUT2D eigenvalue weighted by Crippen LogP contribution is -2.59. The first-order valence-electron chi connectivity index (χ1n) is 31.8. The Kier molecular flexibility index (Phi) is 16.8.